The molecule has 0 spiro atoms. The van der Waals surface area contributed by atoms with E-state index in [9.17, 15) is 9.60 Å². The number of ether oxygens (including phenoxy) is 1. The van der Waals surface area contributed by atoms with Crippen molar-refractivity contribution in [1.82, 2.24) is 19.7 Å². The highest BCUT2D eigenvalue weighted by atomic mass is 35.5. The molecule has 5 aromatic rings. The lowest BCUT2D eigenvalue weighted by Gasteiger charge is -2.11. The zero-order chi connectivity index (χ0) is 25.9. The molecule has 6 nitrogen and oxygen atoms in total. The summed E-state index contributed by atoms with van der Waals surface area (Å²) < 4.78 is 21.4. The average molecular weight is 553 g/mol. The Morgan fingerprint density at radius 1 is 0.973 bits per heavy atom. The predicted molar refractivity (Wildman–Crippen MR) is 144 cm³/mol. The molecular formula is C27H19Cl2FN4O2S. The zero-order valence-corrected chi connectivity index (χ0v) is 21.7. The standard InChI is InChI=1S/C27H19Cl2FN4O2S/c1-37-27-31-13-12-21(32-27)24-25(34(35)26(33-24)23-18(28)8-5-9-19(23)29)17-10-11-20(30)22(14-17)36-15-16-6-3-2-4-7-16/h2-14,35H,15H2,1H3. The van der Waals surface area contributed by atoms with Crippen LogP contribution >= 0.6 is 35.0 Å². The summed E-state index contributed by atoms with van der Waals surface area (Å²) >= 11 is 14.2. The molecule has 0 aliphatic rings. The van der Waals surface area contributed by atoms with Crippen molar-refractivity contribution in [2.75, 3.05) is 6.26 Å². The second kappa shape index (κ2) is 10.8. The van der Waals surface area contributed by atoms with Crippen molar-refractivity contribution in [1.29, 1.82) is 0 Å². The molecule has 0 saturated heterocycles. The third kappa shape index (κ3) is 5.13. The number of halogens is 3. The molecule has 3 aromatic carbocycles. The Hall–Kier alpha value is -3.59. The summed E-state index contributed by atoms with van der Waals surface area (Å²) in [5.41, 5.74) is 2.76. The Balaban J connectivity index is 1.66. The van der Waals surface area contributed by atoms with E-state index >= 15 is 0 Å². The van der Waals surface area contributed by atoms with Crippen LogP contribution in [0, 0.1) is 5.82 Å². The van der Waals surface area contributed by atoms with Crippen molar-refractivity contribution in [3.63, 3.8) is 0 Å². The molecule has 1 N–H and O–H groups in total. The quantitative estimate of drug-likeness (QED) is 0.127. The van der Waals surface area contributed by atoms with Crippen LogP contribution < -0.4 is 4.74 Å². The van der Waals surface area contributed by atoms with Crippen molar-refractivity contribution in [3.8, 4) is 39.8 Å². The van der Waals surface area contributed by atoms with Gasteiger partial charge in [0.15, 0.2) is 22.5 Å². The van der Waals surface area contributed by atoms with Crippen LogP contribution in [0.3, 0.4) is 0 Å². The van der Waals surface area contributed by atoms with Crippen molar-refractivity contribution >= 4 is 35.0 Å². The fourth-order valence-electron chi connectivity index (χ4n) is 3.79. The highest BCUT2D eigenvalue weighted by Crippen LogP contribution is 2.40. The SMILES string of the molecule is CSc1nccc(-c2nc(-c3c(Cl)cccc3Cl)n(O)c2-c2ccc(F)c(OCc3ccccc3)c2)n1. The molecule has 0 bridgehead atoms. The largest absolute Gasteiger partial charge is 0.486 e. The summed E-state index contributed by atoms with van der Waals surface area (Å²) in [6.45, 7) is 0.177. The number of hydrogen-bond acceptors (Lipinski definition) is 6. The maximum absolute atomic E-state index is 14.7. The van der Waals surface area contributed by atoms with Gasteiger partial charge in [-0.1, -0.05) is 71.4 Å². The first kappa shape index (κ1) is 25.1. The van der Waals surface area contributed by atoms with Crippen molar-refractivity contribution in [2.24, 2.45) is 0 Å². The molecule has 0 fully saturated rings. The van der Waals surface area contributed by atoms with Crippen LogP contribution in [-0.2, 0) is 6.61 Å². The summed E-state index contributed by atoms with van der Waals surface area (Å²) in [5.74, 6) is -0.398. The van der Waals surface area contributed by atoms with Gasteiger partial charge in [-0.3, -0.25) is 0 Å². The first-order valence-corrected chi connectivity index (χ1v) is 13.0. The normalized spacial score (nSPS) is 11.0. The highest BCUT2D eigenvalue weighted by molar-refractivity contribution is 7.98. The van der Waals surface area contributed by atoms with E-state index in [-0.39, 0.29) is 23.9 Å². The third-order valence-electron chi connectivity index (χ3n) is 5.54. The molecule has 37 heavy (non-hydrogen) atoms. The summed E-state index contributed by atoms with van der Waals surface area (Å²) in [6.07, 6.45) is 3.46. The van der Waals surface area contributed by atoms with Gasteiger partial charge in [-0.15, -0.1) is 0 Å². The van der Waals surface area contributed by atoms with E-state index in [0.717, 1.165) is 10.3 Å². The van der Waals surface area contributed by atoms with Crippen molar-refractivity contribution < 1.29 is 14.3 Å². The first-order chi connectivity index (χ1) is 18.0. The summed E-state index contributed by atoms with van der Waals surface area (Å²) in [6, 6.07) is 20.5. The van der Waals surface area contributed by atoms with Gasteiger partial charge in [0.25, 0.3) is 0 Å². The Morgan fingerprint density at radius 2 is 1.73 bits per heavy atom. The second-order valence-corrected chi connectivity index (χ2v) is 9.48. The van der Waals surface area contributed by atoms with Crippen LogP contribution in [0.25, 0.3) is 34.0 Å². The maximum atomic E-state index is 14.7. The minimum absolute atomic E-state index is 0.0262. The fourth-order valence-corrected chi connectivity index (χ4v) is 4.71. The highest BCUT2D eigenvalue weighted by Gasteiger charge is 2.25. The number of imidazole rings is 1. The Morgan fingerprint density at radius 3 is 2.46 bits per heavy atom. The lowest BCUT2D eigenvalue weighted by molar-refractivity contribution is 0.195. The lowest BCUT2D eigenvalue weighted by Crippen LogP contribution is -2.01. The Bertz CT molecular complexity index is 1560. The van der Waals surface area contributed by atoms with Crippen LogP contribution in [-0.4, -0.2) is 31.1 Å². The Labute approximate surface area is 226 Å². The molecule has 186 valence electrons. The molecule has 0 atom stereocenters. The minimum Gasteiger partial charge on any atom is -0.486 e. The van der Waals surface area contributed by atoms with E-state index in [1.807, 2.05) is 36.6 Å². The molecule has 2 aromatic heterocycles. The minimum atomic E-state index is -0.536. The van der Waals surface area contributed by atoms with Gasteiger partial charge in [0.1, 0.15) is 18.0 Å². The van der Waals surface area contributed by atoms with E-state index in [0.29, 0.717) is 37.7 Å². The summed E-state index contributed by atoms with van der Waals surface area (Å²) in [7, 11) is 0. The van der Waals surface area contributed by atoms with Crippen LogP contribution in [0.1, 0.15) is 5.56 Å². The fraction of sp³-hybridized carbons (Fsp3) is 0.0741. The molecule has 0 radical (unpaired) electrons. The molecular weight excluding hydrogens is 534 g/mol. The number of rotatable bonds is 7. The summed E-state index contributed by atoms with van der Waals surface area (Å²) in [4.78, 5) is 13.5. The van der Waals surface area contributed by atoms with Gasteiger partial charge in [-0.05, 0) is 48.2 Å². The van der Waals surface area contributed by atoms with Gasteiger partial charge >= 0.3 is 0 Å². The third-order valence-corrected chi connectivity index (χ3v) is 6.73. The van der Waals surface area contributed by atoms with Crippen LogP contribution in [0.5, 0.6) is 5.75 Å². The van der Waals surface area contributed by atoms with Gasteiger partial charge in [0.05, 0.1) is 21.3 Å². The van der Waals surface area contributed by atoms with Gasteiger partial charge in [0, 0.05) is 11.8 Å². The van der Waals surface area contributed by atoms with Crippen LogP contribution in [0.4, 0.5) is 4.39 Å². The van der Waals surface area contributed by atoms with Gasteiger partial charge < -0.3 is 9.94 Å². The predicted octanol–water partition coefficient (Wildman–Crippen LogP) is 7.66. The van der Waals surface area contributed by atoms with Gasteiger partial charge in [-0.2, -0.15) is 4.73 Å². The molecule has 0 amide bonds. The number of thioether (sulfide) groups is 1. The van der Waals surface area contributed by atoms with Crippen molar-refractivity contribution in [3.05, 3.63) is 100 Å². The van der Waals surface area contributed by atoms with Gasteiger partial charge in [0.2, 0.25) is 0 Å². The Kier molecular flexibility index (Phi) is 7.32. The number of benzene rings is 3. The lowest BCUT2D eigenvalue weighted by atomic mass is 10.1. The van der Waals surface area contributed by atoms with E-state index in [4.69, 9.17) is 27.9 Å². The molecule has 0 unspecified atom stereocenters. The maximum Gasteiger partial charge on any atom is 0.187 e. The topological polar surface area (TPSA) is 73.1 Å². The molecule has 0 aliphatic heterocycles. The van der Waals surface area contributed by atoms with E-state index in [1.165, 1.54) is 30.0 Å². The number of hydrogen-bond donors (Lipinski definition) is 1. The van der Waals surface area contributed by atoms with Crippen LogP contribution in [0.2, 0.25) is 10.0 Å². The van der Waals surface area contributed by atoms with E-state index in [1.54, 1.807) is 30.5 Å². The number of nitrogens with zero attached hydrogens (tertiary/aromatic N) is 4. The van der Waals surface area contributed by atoms with Gasteiger partial charge in [-0.25, -0.2) is 19.3 Å². The first-order valence-electron chi connectivity index (χ1n) is 11.1. The monoisotopic (exact) mass is 552 g/mol. The molecule has 0 saturated carbocycles. The molecule has 2 heterocycles. The number of aromatic nitrogens is 4. The van der Waals surface area contributed by atoms with Crippen molar-refractivity contribution in [2.45, 2.75) is 11.8 Å². The molecule has 5 rings (SSSR count). The summed E-state index contributed by atoms with van der Waals surface area (Å²) in [5, 5.41) is 12.5. The zero-order valence-electron chi connectivity index (χ0n) is 19.4. The molecule has 0 aliphatic carbocycles. The van der Waals surface area contributed by atoms with E-state index < -0.39 is 5.82 Å². The molecule has 10 heteroatoms. The average Bonchev–Trinajstić information content (AvgIpc) is 3.25. The van der Waals surface area contributed by atoms with E-state index in [2.05, 4.69) is 15.0 Å². The second-order valence-electron chi connectivity index (χ2n) is 7.89. The smallest absolute Gasteiger partial charge is 0.187 e. The van der Waals surface area contributed by atoms with Crippen LogP contribution in [0.15, 0.2) is 84.1 Å².